The summed E-state index contributed by atoms with van der Waals surface area (Å²) < 4.78 is 0. The van der Waals surface area contributed by atoms with Crippen molar-refractivity contribution in [1.29, 1.82) is 5.41 Å². The third-order valence-electron chi connectivity index (χ3n) is 3.41. The van der Waals surface area contributed by atoms with E-state index in [9.17, 15) is 14.7 Å². The van der Waals surface area contributed by atoms with Crippen molar-refractivity contribution >= 4 is 17.3 Å². The van der Waals surface area contributed by atoms with Gasteiger partial charge in [-0.15, -0.1) is 0 Å². The third kappa shape index (κ3) is 1.97. The fourth-order valence-corrected chi connectivity index (χ4v) is 2.34. The average molecular weight is 277 g/mol. The number of aliphatic hydroxyl groups is 1. The van der Waals surface area contributed by atoms with Crippen molar-refractivity contribution in [3.8, 4) is 0 Å². The standard InChI is InChI=1S/C17H11NO3/c18-14(10-6-2-1-3-7-10)13-15(19)11-8-4-5-9-12(11)16(20)17(13)21/h1-9,18,21H. The van der Waals surface area contributed by atoms with Gasteiger partial charge in [0.2, 0.25) is 5.78 Å². The first-order valence-corrected chi connectivity index (χ1v) is 6.37. The molecule has 0 heterocycles. The zero-order chi connectivity index (χ0) is 15.0. The highest BCUT2D eigenvalue weighted by molar-refractivity contribution is 6.39. The van der Waals surface area contributed by atoms with Gasteiger partial charge < -0.3 is 5.11 Å². The zero-order valence-electron chi connectivity index (χ0n) is 11.0. The molecule has 0 aromatic heterocycles. The van der Waals surface area contributed by atoms with Gasteiger partial charge in [-0.1, -0.05) is 54.6 Å². The minimum Gasteiger partial charge on any atom is -0.504 e. The molecule has 0 unspecified atom stereocenters. The SMILES string of the molecule is N=C(C1=C(O)C(=O)c2ccccc2C1=O)c1ccccc1. The Balaban J connectivity index is 2.16. The Morgan fingerprint density at radius 3 is 1.95 bits per heavy atom. The van der Waals surface area contributed by atoms with Gasteiger partial charge >= 0.3 is 0 Å². The van der Waals surface area contributed by atoms with Crippen LogP contribution in [0.3, 0.4) is 0 Å². The number of hydrogen-bond acceptors (Lipinski definition) is 4. The first-order valence-electron chi connectivity index (χ1n) is 6.37. The number of Topliss-reactive ketones (excluding diaryl/α,β-unsaturated/α-hetero) is 2. The molecule has 0 spiro atoms. The lowest BCUT2D eigenvalue weighted by Crippen LogP contribution is -2.26. The molecule has 0 fully saturated rings. The molecule has 0 saturated heterocycles. The van der Waals surface area contributed by atoms with Crippen LogP contribution in [0.2, 0.25) is 0 Å². The van der Waals surface area contributed by atoms with Crippen molar-refractivity contribution < 1.29 is 14.7 Å². The maximum atomic E-state index is 12.5. The second kappa shape index (κ2) is 4.83. The Hall–Kier alpha value is -3.01. The molecule has 3 rings (SSSR count). The van der Waals surface area contributed by atoms with Crippen molar-refractivity contribution in [3.05, 3.63) is 82.6 Å². The third-order valence-corrected chi connectivity index (χ3v) is 3.41. The largest absolute Gasteiger partial charge is 0.504 e. The van der Waals surface area contributed by atoms with Crippen molar-refractivity contribution in [2.45, 2.75) is 0 Å². The summed E-state index contributed by atoms with van der Waals surface area (Å²) in [5.41, 5.74) is 0.464. The minimum absolute atomic E-state index is 0.152. The molecule has 0 aliphatic heterocycles. The van der Waals surface area contributed by atoms with Crippen LogP contribution in [0.15, 0.2) is 65.9 Å². The van der Waals surface area contributed by atoms with Gasteiger partial charge in [-0.05, 0) is 0 Å². The van der Waals surface area contributed by atoms with E-state index in [4.69, 9.17) is 5.41 Å². The van der Waals surface area contributed by atoms with Crippen LogP contribution in [0.4, 0.5) is 0 Å². The van der Waals surface area contributed by atoms with Gasteiger partial charge in [0.25, 0.3) is 0 Å². The van der Waals surface area contributed by atoms with E-state index in [0.717, 1.165) is 0 Å². The number of carbonyl (C=O) groups excluding carboxylic acids is 2. The molecule has 0 bridgehead atoms. The molecule has 0 atom stereocenters. The van der Waals surface area contributed by atoms with Crippen LogP contribution in [-0.4, -0.2) is 22.4 Å². The lowest BCUT2D eigenvalue weighted by atomic mass is 9.84. The number of benzene rings is 2. The number of ketones is 2. The topological polar surface area (TPSA) is 78.2 Å². The Morgan fingerprint density at radius 1 is 0.810 bits per heavy atom. The number of fused-ring (bicyclic) bond motifs is 1. The molecular weight excluding hydrogens is 266 g/mol. The van der Waals surface area contributed by atoms with Gasteiger partial charge in [-0.25, -0.2) is 0 Å². The van der Waals surface area contributed by atoms with E-state index in [2.05, 4.69) is 0 Å². The molecule has 0 radical (unpaired) electrons. The van der Waals surface area contributed by atoms with E-state index in [1.165, 1.54) is 12.1 Å². The summed E-state index contributed by atoms with van der Waals surface area (Å²) in [5.74, 6) is -1.79. The van der Waals surface area contributed by atoms with Gasteiger partial charge in [-0.2, -0.15) is 0 Å². The van der Waals surface area contributed by atoms with Crippen molar-refractivity contribution in [1.82, 2.24) is 0 Å². The number of rotatable bonds is 2. The number of hydrogen-bond donors (Lipinski definition) is 2. The highest BCUT2D eigenvalue weighted by Gasteiger charge is 2.34. The van der Waals surface area contributed by atoms with E-state index in [0.29, 0.717) is 5.56 Å². The zero-order valence-corrected chi connectivity index (χ0v) is 11.0. The maximum absolute atomic E-state index is 12.5. The fraction of sp³-hybridized carbons (Fsp3) is 0. The Labute approximate surface area is 120 Å². The summed E-state index contributed by atoms with van der Waals surface area (Å²) >= 11 is 0. The second-order valence-corrected chi connectivity index (χ2v) is 4.67. The van der Waals surface area contributed by atoms with Crippen LogP contribution in [0.5, 0.6) is 0 Å². The summed E-state index contributed by atoms with van der Waals surface area (Å²) in [6.45, 7) is 0. The Morgan fingerprint density at radius 2 is 1.33 bits per heavy atom. The van der Waals surface area contributed by atoms with Crippen LogP contribution in [0.1, 0.15) is 26.3 Å². The summed E-state index contributed by atoms with van der Waals surface area (Å²) in [4.78, 5) is 24.6. The van der Waals surface area contributed by atoms with Crippen LogP contribution in [0, 0.1) is 5.41 Å². The van der Waals surface area contributed by atoms with E-state index in [1.807, 2.05) is 0 Å². The van der Waals surface area contributed by atoms with Crippen LogP contribution in [0.25, 0.3) is 0 Å². The summed E-state index contributed by atoms with van der Waals surface area (Å²) in [5, 5.41) is 18.2. The molecule has 4 heteroatoms. The van der Waals surface area contributed by atoms with Crippen LogP contribution >= 0.6 is 0 Å². The van der Waals surface area contributed by atoms with Crippen molar-refractivity contribution in [3.63, 3.8) is 0 Å². The Kier molecular flexibility index (Phi) is 2.99. The fourth-order valence-electron chi connectivity index (χ4n) is 2.34. The lowest BCUT2D eigenvalue weighted by Gasteiger charge is -2.18. The number of aliphatic hydroxyl groups excluding tert-OH is 1. The molecule has 0 saturated carbocycles. The molecule has 0 amide bonds. The number of carbonyl (C=O) groups is 2. The van der Waals surface area contributed by atoms with E-state index < -0.39 is 17.3 Å². The van der Waals surface area contributed by atoms with Crippen molar-refractivity contribution in [2.24, 2.45) is 0 Å². The molecule has 1 aliphatic rings. The molecule has 2 aromatic carbocycles. The smallest absolute Gasteiger partial charge is 0.228 e. The van der Waals surface area contributed by atoms with Crippen LogP contribution in [-0.2, 0) is 0 Å². The highest BCUT2D eigenvalue weighted by atomic mass is 16.3. The lowest BCUT2D eigenvalue weighted by molar-refractivity contribution is 0.0934. The molecule has 2 aromatic rings. The molecule has 2 N–H and O–H groups in total. The average Bonchev–Trinajstić information content (AvgIpc) is 2.53. The Bertz CT molecular complexity index is 804. The molecule has 21 heavy (non-hydrogen) atoms. The molecular formula is C17H11NO3. The summed E-state index contributed by atoms with van der Waals surface area (Å²) in [7, 11) is 0. The minimum atomic E-state index is -0.660. The highest BCUT2D eigenvalue weighted by Crippen LogP contribution is 2.27. The van der Waals surface area contributed by atoms with Gasteiger partial charge in [0.1, 0.15) is 0 Å². The second-order valence-electron chi connectivity index (χ2n) is 4.67. The van der Waals surface area contributed by atoms with Crippen LogP contribution < -0.4 is 0 Å². The van der Waals surface area contributed by atoms with Gasteiger partial charge in [0.05, 0.1) is 11.3 Å². The predicted molar refractivity (Wildman–Crippen MR) is 78.0 cm³/mol. The monoisotopic (exact) mass is 277 g/mol. The first-order chi connectivity index (χ1) is 10.1. The molecule has 4 nitrogen and oxygen atoms in total. The number of nitrogens with one attached hydrogen (secondary N) is 1. The summed E-state index contributed by atoms with van der Waals surface area (Å²) in [6, 6.07) is 14.8. The number of allylic oxidation sites excluding steroid dienone is 2. The van der Waals surface area contributed by atoms with Gasteiger partial charge in [0, 0.05) is 16.7 Å². The van der Waals surface area contributed by atoms with Gasteiger partial charge in [0.15, 0.2) is 11.5 Å². The van der Waals surface area contributed by atoms with E-state index >= 15 is 0 Å². The molecule has 1 aliphatic carbocycles. The maximum Gasteiger partial charge on any atom is 0.228 e. The van der Waals surface area contributed by atoms with E-state index in [1.54, 1.807) is 42.5 Å². The summed E-state index contributed by atoms with van der Waals surface area (Å²) in [6.07, 6.45) is 0. The first kappa shape index (κ1) is 13.0. The predicted octanol–water partition coefficient (Wildman–Crippen LogP) is 2.95. The normalized spacial score (nSPS) is 14.1. The quantitative estimate of drug-likeness (QED) is 0.828. The van der Waals surface area contributed by atoms with E-state index in [-0.39, 0.29) is 22.4 Å². The van der Waals surface area contributed by atoms with Gasteiger partial charge in [-0.3, -0.25) is 15.0 Å². The van der Waals surface area contributed by atoms with Crippen molar-refractivity contribution in [2.75, 3.05) is 0 Å². The molecule has 102 valence electrons.